The van der Waals surface area contributed by atoms with E-state index in [1.807, 2.05) is 6.08 Å². The Kier molecular flexibility index (Phi) is 2.74. The molecular weight excluding hydrogens is 217 g/mol. The molecule has 0 bridgehead atoms. The lowest BCUT2D eigenvalue weighted by atomic mass is 10.3. The molecule has 0 radical (unpaired) electrons. The summed E-state index contributed by atoms with van der Waals surface area (Å²) in [4.78, 5) is 12.1. The highest BCUT2D eigenvalue weighted by Crippen LogP contribution is 2.16. The SMILES string of the molecule is O=C(Cl)N1CC=C(Br)CC1. The average Bonchev–Trinajstić information content (AvgIpc) is 1.88. The molecule has 1 aliphatic heterocycles. The van der Waals surface area contributed by atoms with Gasteiger partial charge in [0.1, 0.15) is 0 Å². The van der Waals surface area contributed by atoms with Crippen LogP contribution < -0.4 is 0 Å². The summed E-state index contributed by atoms with van der Waals surface area (Å²) in [7, 11) is 0. The molecule has 1 aliphatic rings. The van der Waals surface area contributed by atoms with Crippen molar-refractivity contribution in [2.75, 3.05) is 13.1 Å². The van der Waals surface area contributed by atoms with Crippen LogP contribution in [0.4, 0.5) is 4.79 Å². The van der Waals surface area contributed by atoms with Gasteiger partial charge < -0.3 is 4.90 Å². The third kappa shape index (κ3) is 1.99. The zero-order valence-corrected chi connectivity index (χ0v) is 7.65. The lowest BCUT2D eigenvalue weighted by molar-refractivity contribution is 0.226. The number of carbonyl (C=O) groups excluding carboxylic acids is 1. The van der Waals surface area contributed by atoms with Gasteiger partial charge in [-0.05, 0) is 22.5 Å². The molecule has 1 heterocycles. The highest BCUT2D eigenvalue weighted by molar-refractivity contribution is 9.11. The van der Waals surface area contributed by atoms with Crippen LogP contribution in [0.15, 0.2) is 10.6 Å². The highest BCUT2D eigenvalue weighted by Gasteiger charge is 2.12. The molecule has 0 N–H and O–H groups in total. The van der Waals surface area contributed by atoms with Gasteiger partial charge in [0.2, 0.25) is 0 Å². The summed E-state index contributed by atoms with van der Waals surface area (Å²) in [5.41, 5.74) is 0. The number of halogens is 2. The van der Waals surface area contributed by atoms with Crippen LogP contribution in [0.1, 0.15) is 6.42 Å². The van der Waals surface area contributed by atoms with Crippen LogP contribution in [0.5, 0.6) is 0 Å². The summed E-state index contributed by atoms with van der Waals surface area (Å²) in [6, 6.07) is 0. The van der Waals surface area contributed by atoms with E-state index >= 15 is 0 Å². The molecule has 0 aliphatic carbocycles. The topological polar surface area (TPSA) is 20.3 Å². The van der Waals surface area contributed by atoms with Gasteiger partial charge in [0.25, 0.3) is 0 Å². The van der Waals surface area contributed by atoms with Crippen molar-refractivity contribution in [1.29, 1.82) is 0 Å². The lowest BCUT2D eigenvalue weighted by Gasteiger charge is -2.21. The minimum absolute atomic E-state index is 0.365. The predicted molar refractivity (Wildman–Crippen MR) is 44.4 cm³/mol. The number of hydrogen-bond donors (Lipinski definition) is 0. The fraction of sp³-hybridized carbons (Fsp3) is 0.500. The number of carbonyl (C=O) groups is 1. The van der Waals surface area contributed by atoms with Crippen LogP contribution >= 0.6 is 27.5 Å². The minimum atomic E-state index is -0.365. The Morgan fingerprint density at radius 1 is 1.80 bits per heavy atom. The van der Waals surface area contributed by atoms with Crippen LogP contribution in [0.25, 0.3) is 0 Å². The van der Waals surface area contributed by atoms with Crippen molar-refractivity contribution in [3.63, 3.8) is 0 Å². The molecule has 0 unspecified atom stereocenters. The summed E-state index contributed by atoms with van der Waals surface area (Å²) >= 11 is 8.59. The Hall–Kier alpha value is -0.0200. The molecule has 1 rings (SSSR count). The second kappa shape index (κ2) is 3.39. The maximum atomic E-state index is 10.6. The summed E-state index contributed by atoms with van der Waals surface area (Å²) < 4.78 is 1.15. The van der Waals surface area contributed by atoms with E-state index in [1.165, 1.54) is 0 Å². The minimum Gasteiger partial charge on any atom is -0.325 e. The largest absolute Gasteiger partial charge is 0.325 e. The van der Waals surface area contributed by atoms with E-state index in [0.29, 0.717) is 6.54 Å². The zero-order valence-electron chi connectivity index (χ0n) is 5.31. The van der Waals surface area contributed by atoms with E-state index in [0.717, 1.165) is 17.4 Å². The van der Waals surface area contributed by atoms with Crippen molar-refractivity contribution in [3.05, 3.63) is 10.6 Å². The number of rotatable bonds is 0. The fourth-order valence-corrected chi connectivity index (χ4v) is 1.28. The summed E-state index contributed by atoms with van der Waals surface area (Å²) in [6.45, 7) is 1.35. The van der Waals surface area contributed by atoms with Crippen LogP contribution in [-0.4, -0.2) is 23.4 Å². The Bertz CT molecular complexity index is 181. The first-order valence-electron chi connectivity index (χ1n) is 2.99. The fourth-order valence-electron chi connectivity index (χ4n) is 0.804. The van der Waals surface area contributed by atoms with E-state index in [-0.39, 0.29) is 5.37 Å². The highest BCUT2D eigenvalue weighted by atomic mass is 79.9. The summed E-state index contributed by atoms with van der Waals surface area (Å²) in [5, 5.41) is -0.365. The molecule has 0 aromatic heterocycles. The Morgan fingerprint density at radius 2 is 2.50 bits per heavy atom. The quantitative estimate of drug-likeness (QED) is 0.457. The normalized spacial score (nSPS) is 18.6. The predicted octanol–water partition coefficient (Wildman–Crippen LogP) is 2.33. The molecular formula is C6H7BrClNO. The van der Waals surface area contributed by atoms with Crippen LogP contribution in [0.3, 0.4) is 0 Å². The van der Waals surface area contributed by atoms with Gasteiger partial charge in [-0.2, -0.15) is 0 Å². The third-order valence-electron chi connectivity index (χ3n) is 1.40. The van der Waals surface area contributed by atoms with Crippen LogP contribution in [0.2, 0.25) is 0 Å². The van der Waals surface area contributed by atoms with E-state index < -0.39 is 0 Å². The molecule has 0 saturated carbocycles. The molecule has 10 heavy (non-hydrogen) atoms. The summed E-state index contributed by atoms with van der Waals surface area (Å²) in [5.74, 6) is 0. The molecule has 0 saturated heterocycles. The number of nitrogens with zero attached hydrogens (tertiary/aromatic N) is 1. The van der Waals surface area contributed by atoms with E-state index in [2.05, 4.69) is 15.9 Å². The maximum Gasteiger partial charge on any atom is 0.316 e. The van der Waals surface area contributed by atoms with Gasteiger partial charge in [0.05, 0.1) is 0 Å². The molecule has 0 atom stereocenters. The van der Waals surface area contributed by atoms with Gasteiger partial charge in [0.15, 0.2) is 0 Å². The molecule has 0 spiro atoms. The molecule has 4 heteroatoms. The van der Waals surface area contributed by atoms with Crippen molar-refractivity contribution in [3.8, 4) is 0 Å². The zero-order chi connectivity index (χ0) is 7.56. The molecule has 2 nitrogen and oxygen atoms in total. The first-order valence-corrected chi connectivity index (χ1v) is 4.16. The number of hydrogen-bond acceptors (Lipinski definition) is 1. The molecule has 0 fully saturated rings. The van der Waals surface area contributed by atoms with Crippen molar-refractivity contribution in [2.45, 2.75) is 6.42 Å². The summed E-state index contributed by atoms with van der Waals surface area (Å²) in [6.07, 6.45) is 2.82. The average molecular weight is 224 g/mol. The van der Waals surface area contributed by atoms with E-state index in [1.54, 1.807) is 4.90 Å². The van der Waals surface area contributed by atoms with Gasteiger partial charge in [-0.25, -0.2) is 0 Å². The van der Waals surface area contributed by atoms with Crippen molar-refractivity contribution >= 4 is 32.9 Å². The van der Waals surface area contributed by atoms with Crippen molar-refractivity contribution < 1.29 is 4.79 Å². The van der Waals surface area contributed by atoms with E-state index in [9.17, 15) is 4.79 Å². The van der Waals surface area contributed by atoms with Gasteiger partial charge >= 0.3 is 5.37 Å². The van der Waals surface area contributed by atoms with Crippen molar-refractivity contribution in [2.24, 2.45) is 0 Å². The molecule has 0 aromatic carbocycles. The second-order valence-electron chi connectivity index (χ2n) is 2.10. The van der Waals surface area contributed by atoms with Crippen molar-refractivity contribution in [1.82, 2.24) is 4.90 Å². The Labute approximate surface area is 73.0 Å². The Morgan fingerprint density at radius 3 is 2.90 bits per heavy atom. The van der Waals surface area contributed by atoms with Gasteiger partial charge in [-0.3, -0.25) is 4.79 Å². The maximum absolute atomic E-state index is 10.6. The van der Waals surface area contributed by atoms with Gasteiger partial charge in [0, 0.05) is 13.1 Å². The molecule has 0 aromatic rings. The Balaban J connectivity index is 2.50. The third-order valence-corrected chi connectivity index (χ3v) is 2.36. The van der Waals surface area contributed by atoms with Gasteiger partial charge in [-0.15, -0.1) is 0 Å². The van der Waals surface area contributed by atoms with Gasteiger partial charge in [-0.1, -0.05) is 22.0 Å². The van der Waals surface area contributed by atoms with Crippen LogP contribution in [0, 0.1) is 0 Å². The van der Waals surface area contributed by atoms with Crippen LogP contribution in [-0.2, 0) is 0 Å². The molecule has 1 amide bonds. The van der Waals surface area contributed by atoms with E-state index in [4.69, 9.17) is 11.6 Å². The standard InChI is InChI=1S/C6H7BrClNO/c7-5-1-3-9(4-2-5)6(8)10/h1H,2-4H2. The lowest BCUT2D eigenvalue weighted by Crippen LogP contribution is -2.30. The second-order valence-corrected chi connectivity index (χ2v) is 3.44. The molecule has 56 valence electrons. The first kappa shape index (κ1) is 8.08. The smallest absolute Gasteiger partial charge is 0.316 e. The first-order chi connectivity index (χ1) is 4.70. The monoisotopic (exact) mass is 223 g/mol. The number of amides is 1.